The molecule has 1 unspecified atom stereocenters. The van der Waals surface area contributed by atoms with Crippen molar-refractivity contribution in [3.63, 3.8) is 0 Å². The van der Waals surface area contributed by atoms with Crippen LogP contribution >= 0.6 is 0 Å². The quantitative estimate of drug-likeness (QED) is 0.872. The number of rotatable bonds is 2. The van der Waals surface area contributed by atoms with E-state index in [0.29, 0.717) is 6.04 Å². The molecule has 0 aliphatic carbocycles. The molecule has 0 saturated carbocycles. The lowest BCUT2D eigenvalue weighted by Crippen LogP contribution is -2.50. The number of carbonyl (C=O) groups is 1. The number of anilines is 1. The topological polar surface area (TPSA) is 49.6 Å². The van der Waals surface area contributed by atoms with Crippen molar-refractivity contribution in [2.75, 3.05) is 31.1 Å². The van der Waals surface area contributed by atoms with Crippen LogP contribution in [-0.2, 0) is 0 Å². The van der Waals surface area contributed by atoms with Crippen LogP contribution in [0.4, 0.5) is 10.1 Å². The third-order valence-corrected chi connectivity index (χ3v) is 4.17. The largest absolute Gasteiger partial charge is 0.369 e. The molecule has 1 aromatic carbocycles. The molecule has 4 nitrogen and oxygen atoms in total. The predicted molar refractivity (Wildman–Crippen MR) is 71.7 cm³/mol. The van der Waals surface area contributed by atoms with E-state index in [9.17, 15) is 9.18 Å². The highest BCUT2D eigenvalue weighted by Crippen LogP contribution is 2.26. The minimum Gasteiger partial charge on any atom is -0.369 e. The maximum Gasteiger partial charge on any atom is 0.251 e. The van der Waals surface area contributed by atoms with Gasteiger partial charge >= 0.3 is 0 Å². The normalized spacial score (nSPS) is 23.4. The molecule has 0 bridgehead atoms. The van der Waals surface area contributed by atoms with Crippen molar-refractivity contribution in [3.05, 3.63) is 29.6 Å². The summed E-state index contributed by atoms with van der Waals surface area (Å²) in [5.74, 6) is -1.25. The van der Waals surface area contributed by atoms with Crippen LogP contribution in [0.3, 0.4) is 0 Å². The fourth-order valence-corrected chi connectivity index (χ4v) is 3.13. The van der Waals surface area contributed by atoms with Gasteiger partial charge in [-0.2, -0.15) is 0 Å². The van der Waals surface area contributed by atoms with Crippen molar-refractivity contribution in [3.8, 4) is 0 Å². The number of carbonyl (C=O) groups excluding carboxylic acids is 1. The van der Waals surface area contributed by atoms with Gasteiger partial charge in [-0.1, -0.05) is 0 Å². The second-order valence-corrected chi connectivity index (χ2v) is 5.31. The maximum atomic E-state index is 13.8. The van der Waals surface area contributed by atoms with Gasteiger partial charge in [-0.25, -0.2) is 4.39 Å². The lowest BCUT2D eigenvalue weighted by molar-refractivity contribution is 0.0996. The zero-order chi connectivity index (χ0) is 13.4. The Kier molecular flexibility index (Phi) is 3.14. The maximum absolute atomic E-state index is 13.8. The standard InChI is InChI=1S/C14H18FN3O/c15-13-8-10(3-4-12(13)14(16)19)18-7-6-17-5-1-2-11(17)9-18/h3-4,8,11H,1-2,5-7,9H2,(H2,16,19). The number of primary amides is 1. The van der Waals surface area contributed by atoms with E-state index in [-0.39, 0.29) is 5.56 Å². The molecule has 0 radical (unpaired) electrons. The number of benzene rings is 1. The molecule has 1 aromatic rings. The molecule has 19 heavy (non-hydrogen) atoms. The molecule has 5 heteroatoms. The molecule has 0 spiro atoms. The number of hydrogen-bond donors (Lipinski definition) is 1. The van der Waals surface area contributed by atoms with E-state index >= 15 is 0 Å². The third-order valence-electron chi connectivity index (χ3n) is 4.17. The van der Waals surface area contributed by atoms with Gasteiger partial charge < -0.3 is 10.6 Å². The van der Waals surface area contributed by atoms with E-state index in [2.05, 4.69) is 9.80 Å². The highest BCUT2D eigenvalue weighted by Gasteiger charge is 2.30. The molecule has 2 heterocycles. The number of halogens is 1. The number of fused-ring (bicyclic) bond motifs is 1. The van der Waals surface area contributed by atoms with E-state index in [1.165, 1.54) is 31.5 Å². The third kappa shape index (κ3) is 2.30. The van der Waals surface area contributed by atoms with Crippen molar-refractivity contribution >= 4 is 11.6 Å². The lowest BCUT2D eigenvalue weighted by atomic mass is 10.1. The summed E-state index contributed by atoms with van der Waals surface area (Å²) in [6, 6.07) is 5.28. The zero-order valence-corrected chi connectivity index (χ0v) is 10.8. The number of amides is 1. The highest BCUT2D eigenvalue weighted by molar-refractivity contribution is 5.93. The molecule has 2 N–H and O–H groups in total. The van der Waals surface area contributed by atoms with Crippen LogP contribution < -0.4 is 10.6 Å². The van der Waals surface area contributed by atoms with Gasteiger partial charge in [-0.15, -0.1) is 0 Å². The van der Waals surface area contributed by atoms with Crippen LogP contribution in [0.1, 0.15) is 23.2 Å². The monoisotopic (exact) mass is 263 g/mol. The Morgan fingerprint density at radius 2 is 2.16 bits per heavy atom. The number of nitrogens with two attached hydrogens (primary N) is 1. The number of nitrogens with zero attached hydrogens (tertiary/aromatic N) is 2. The van der Waals surface area contributed by atoms with Crippen LogP contribution in [0, 0.1) is 5.82 Å². The fraction of sp³-hybridized carbons (Fsp3) is 0.500. The molecule has 2 aliphatic rings. The molecule has 2 aliphatic heterocycles. The van der Waals surface area contributed by atoms with Crippen LogP contribution in [-0.4, -0.2) is 43.0 Å². The minimum atomic E-state index is -0.718. The second kappa shape index (κ2) is 4.81. The summed E-state index contributed by atoms with van der Waals surface area (Å²) in [5, 5.41) is 0. The van der Waals surface area contributed by atoms with E-state index in [1.54, 1.807) is 6.07 Å². The lowest BCUT2D eigenvalue weighted by Gasteiger charge is -2.38. The van der Waals surface area contributed by atoms with E-state index < -0.39 is 11.7 Å². The van der Waals surface area contributed by atoms with Crippen LogP contribution in [0.15, 0.2) is 18.2 Å². The summed E-state index contributed by atoms with van der Waals surface area (Å²) in [6.45, 7) is 4.07. The summed E-state index contributed by atoms with van der Waals surface area (Å²) in [6.07, 6.45) is 2.48. The molecule has 2 saturated heterocycles. The Bertz CT molecular complexity index is 505. The molecular formula is C14H18FN3O. The van der Waals surface area contributed by atoms with Gasteiger partial charge in [-0.05, 0) is 37.6 Å². The Morgan fingerprint density at radius 1 is 1.32 bits per heavy atom. The van der Waals surface area contributed by atoms with Crippen molar-refractivity contribution in [1.82, 2.24) is 4.90 Å². The Hall–Kier alpha value is -1.62. The van der Waals surface area contributed by atoms with Crippen LogP contribution in [0.5, 0.6) is 0 Å². The first-order valence-corrected chi connectivity index (χ1v) is 6.73. The minimum absolute atomic E-state index is 0.0387. The first kappa shape index (κ1) is 12.4. The highest BCUT2D eigenvalue weighted by atomic mass is 19.1. The summed E-state index contributed by atoms with van der Waals surface area (Å²) in [4.78, 5) is 15.7. The van der Waals surface area contributed by atoms with Gasteiger partial charge in [-0.3, -0.25) is 9.69 Å². The summed E-state index contributed by atoms with van der Waals surface area (Å²) < 4.78 is 13.8. The van der Waals surface area contributed by atoms with Crippen molar-refractivity contribution < 1.29 is 9.18 Å². The van der Waals surface area contributed by atoms with E-state index in [1.807, 2.05) is 0 Å². The van der Waals surface area contributed by atoms with Gasteiger partial charge in [0.1, 0.15) is 5.82 Å². The second-order valence-electron chi connectivity index (χ2n) is 5.31. The summed E-state index contributed by atoms with van der Waals surface area (Å²) >= 11 is 0. The van der Waals surface area contributed by atoms with Gasteiger partial charge in [0.15, 0.2) is 0 Å². The SMILES string of the molecule is NC(=O)c1ccc(N2CCN3CCCC3C2)cc1F. The number of hydrogen-bond acceptors (Lipinski definition) is 3. The van der Waals surface area contributed by atoms with Crippen molar-refractivity contribution in [2.45, 2.75) is 18.9 Å². The Morgan fingerprint density at radius 3 is 2.89 bits per heavy atom. The van der Waals surface area contributed by atoms with Crippen molar-refractivity contribution in [1.29, 1.82) is 0 Å². The number of piperazine rings is 1. The molecule has 3 rings (SSSR count). The zero-order valence-electron chi connectivity index (χ0n) is 10.8. The van der Waals surface area contributed by atoms with Gasteiger partial charge in [0, 0.05) is 31.4 Å². The van der Waals surface area contributed by atoms with Crippen molar-refractivity contribution in [2.24, 2.45) is 5.73 Å². The first-order chi connectivity index (χ1) is 9.15. The summed E-state index contributed by atoms with van der Waals surface area (Å²) in [7, 11) is 0. The molecular weight excluding hydrogens is 245 g/mol. The smallest absolute Gasteiger partial charge is 0.251 e. The van der Waals surface area contributed by atoms with Crippen LogP contribution in [0.2, 0.25) is 0 Å². The predicted octanol–water partition coefficient (Wildman–Crippen LogP) is 1.21. The molecule has 1 atom stereocenters. The molecule has 1 amide bonds. The first-order valence-electron chi connectivity index (χ1n) is 6.73. The average Bonchev–Trinajstić information content (AvgIpc) is 2.85. The fourth-order valence-electron chi connectivity index (χ4n) is 3.13. The van der Waals surface area contributed by atoms with E-state index in [4.69, 9.17) is 5.73 Å². The average molecular weight is 263 g/mol. The van der Waals surface area contributed by atoms with Gasteiger partial charge in [0.25, 0.3) is 5.91 Å². The van der Waals surface area contributed by atoms with E-state index in [0.717, 1.165) is 25.3 Å². The molecule has 2 fully saturated rings. The van der Waals surface area contributed by atoms with Crippen LogP contribution in [0.25, 0.3) is 0 Å². The van der Waals surface area contributed by atoms with Gasteiger partial charge in [0.05, 0.1) is 5.56 Å². The summed E-state index contributed by atoms with van der Waals surface area (Å²) in [5.41, 5.74) is 5.92. The Labute approximate surface area is 112 Å². The van der Waals surface area contributed by atoms with Gasteiger partial charge in [0.2, 0.25) is 0 Å². The molecule has 0 aromatic heterocycles. The Balaban J connectivity index is 1.79. The molecule has 102 valence electrons.